The minimum Gasteiger partial charge on any atom is -0.380 e. The van der Waals surface area contributed by atoms with E-state index in [4.69, 9.17) is 0 Å². The van der Waals surface area contributed by atoms with Gasteiger partial charge in [0.1, 0.15) is 0 Å². The van der Waals surface area contributed by atoms with Crippen molar-refractivity contribution in [1.82, 2.24) is 5.32 Å². The van der Waals surface area contributed by atoms with Crippen LogP contribution in [-0.4, -0.2) is 13.0 Å². The average Bonchev–Trinajstić information content (AvgIpc) is 2.75. The number of carbonyl (C=O) groups excluding carboxylic acids is 1. The number of carbonyl (C=O) groups is 1. The van der Waals surface area contributed by atoms with Crippen LogP contribution in [0.4, 0.5) is 5.69 Å². The van der Waals surface area contributed by atoms with Crippen molar-refractivity contribution in [3.05, 3.63) is 49.0 Å². The van der Waals surface area contributed by atoms with Gasteiger partial charge in [-0.3, -0.25) is 4.79 Å². The van der Waals surface area contributed by atoms with E-state index < -0.39 is 0 Å². The number of benzene rings is 1. The molecule has 1 aromatic heterocycles. The van der Waals surface area contributed by atoms with E-state index in [1.54, 1.807) is 24.5 Å². The molecule has 0 bridgehead atoms. The predicted molar refractivity (Wildman–Crippen MR) is 86.9 cm³/mol. The summed E-state index contributed by atoms with van der Waals surface area (Å²) in [5.74, 6) is -0.0785. The van der Waals surface area contributed by atoms with Crippen LogP contribution in [0.5, 0.6) is 0 Å². The lowest BCUT2D eigenvalue weighted by Gasteiger charge is -2.06. The van der Waals surface area contributed by atoms with Crippen molar-refractivity contribution in [3.8, 4) is 0 Å². The minimum atomic E-state index is -0.0785. The van der Waals surface area contributed by atoms with E-state index in [1.165, 1.54) is 4.88 Å². The second kappa shape index (κ2) is 6.54. The molecule has 2 rings (SSSR count). The van der Waals surface area contributed by atoms with Gasteiger partial charge in [-0.2, -0.15) is 0 Å². The first-order valence-corrected chi connectivity index (χ1v) is 8.00. The van der Waals surface area contributed by atoms with Crippen LogP contribution in [0.25, 0.3) is 0 Å². The van der Waals surface area contributed by atoms with E-state index in [0.29, 0.717) is 5.56 Å². The van der Waals surface area contributed by atoms with Gasteiger partial charge >= 0.3 is 0 Å². The van der Waals surface area contributed by atoms with Gasteiger partial charge in [0.25, 0.3) is 5.91 Å². The molecule has 100 valence electrons. The third-order valence-electron chi connectivity index (χ3n) is 2.51. The number of anilines is 1. The topological polar surface area (TPSA) is 41.1 Å². The van der Waals surface area contributed by atoms with Crippen molar-refractivity contribution in [1.29, 1.82) is 0 Å². The summed E-state index contributed by atoms with van der Waals surface area (Å²) in [5.41, 5.74) is 1.59. The standard InChI is InChI=1S/C13H12Br2N2OS/c1-16-13(18)8-3-2-4-9(5-8)17-7-10-6-11(14)12(15)19-10/h2-6,17H,7H2,1H3,(H,16,18). The lowest BCUT2D eigenvalue weighted by molar-refractivity contribution is 0.0963. The van der Waals surface area contributed by atoms with Crippen molar-refractivity contribution in [2.24, 2.45) is 0 Å². The maximum atomic E-state index is 11.5. The highest BCUT2D eigenvalue weighted by Crippen LogP contribution is 2.32. The van der Waals surface area contributed by atoms with E-state index in [9.17, 15) is 4.79 Å². The summed E-state index contributed by atoms with van der Waals surface area (Å²) in [6.07, 6.45) is 0. The van der Waals surface area contributed by atoms with Crippen molar-refractivity contribution >= 4 is 54.8 Å². The van der Waals surface area contributed by atoms with Crippen LogP contribution in [0.15, 0.2) is 38.6 Å². The molecule has 0 atom stereocenters. The third-order valence-corrected chi connectivity index (χ3v) is 5.77. The van der Waals surface area contributed by atoms with Crippen molar-refractivity contribution in [2.75, 3.05) is 12.4 Å². The highest BCUT2D eigenvalue weighted by molar-refractivity contribution is 9.13. The first-order valence-electron chi connectivity index (χ1n) is 5.60. The molecule has 6 heteroatoms. The summed E-state index contributed by atoms with van der Waals surface area (Å²) in [7, 11) is 1.63. The van der Waals surface area contributed by atoms with Crippen molar-refractivity contribution < 1.29 is 4.79 Å². The van der Waals surface area contributed by atoms with Gasteiger partial charge in [-0.15, -0.1) is 11.3 Å². The molecule has 0 spiro atoms. The molecule has 0 aliphatic carbocycles. The molecule has 1 aromatic carbocycles. The van der Waals surface area contributed by atoms with Gasteiger partial charge in [-0.1, -0.05) is 6.07 Å². The lowest BCUT2D eigenvalue weighted by Crippen LogP contribution is -2.17. The van der Waals surface area contributed by atoms with Crippen LogP contribution in [0, 0.1) is 0 Å². The maximum Gasteiger partial charge on any atom is 0.251 e. The molecule has 2 N–H and O–H groups in total. The van der Waals surface area contributed by atoms with Crippen molar-refractivity contribution in [2.45, 2.75) is 6.54 Å². The Hall–Kier alpha value is -0.850. The second-order valence-corrected chi connectivity index (χ2v) is 7.16. The molecule has 1 amide bonds. The molecular formula is C13H12Br2N2OS. The Balaban J connectivity index is 2.05. The number of hydrogen-bond donors (Lipinski definition) is 2. The molecule has 0 aliphatic heterocycles. The van der Waals surface area contributed by atoms with Gasteiger partial charge in [0, 0.05) is 34.2 Å². The summed E-state index contributed by atoms with van der Waals surface area (Å²) in [6, 6.07) is 9.53. The third kappa shape index (κ3) is 3.81. The number of thiophene rings is 1. The van der Waals surface area contributed by atoms with Crippen LogP contribution in [-0.2, 0) is 6.54 Å². The SMILES string of the molecule is CNC(=O)c1cccc(NCc2cc(Br)c(Br)s2)c1. The van der Waals surface area contributed by atoms with E-state index in [0.717, 1.165) is 20.5 Å². The summed E-state index contributed by atoms with van der Waals surface area (Å²) in [5, 5.41) is 5.93. The molecule has 0 saturated heterocycles. The molecule has 2 aromatic rings. The number of hydrogen-bond acceptors (Lipinski definition) is 3. The zero-order chi connectivity index (χ0) is 13.8. The quantitative estimate of drug-likeness (QED) is 0.801. The van der Waals surface area contributed by atoms with Gasteiger partial charge in [-0.25, -0.2) is 0 Å². The number of halogens is 2. The molecule has 0 saturated carbocycles. The molecular weight excluding hydrogens is 392 g/mol. The Labute approximate surface area is 132 Å². The largest absolute Gasteiger partial charge is 0.380 e. The summed E-state index contributed by atoms with van der Waals surface area (Å²) in [4.78, 5) is 12.8. The van der Waals surface area contributed by atoms with Crippen LogP contribution in [0.2, 0.25) is 0 Å². The molecule has 0 fully saturated rings. The van der Waals surface area contributed by atoms with E-state index in [1.807, 2.05) is 18.2 Å². The fourth-order valence-corrected chi connectivity index (χ4v) is 3.70. The van der Waals surface area contributed by atoms with E-state index >= 15 is 0 Å². The molecule has 3 nitrogen and oxygen atoms in total. The van der Waals surface area contributed by atoms with Gasteiger partial charge in [0.05, 0.1) is 3.79 Å². The Morgan fingerprint density at radius 1 is 1.32 bits per heavy atom. The van der Waals surface area contributed by atoms with Gasteiger partial charge in [0.15, 0.2) is 0 Å². The molecule has 1 heterocycles. The number of amides is 1. The smallest absolute Gasteiger partial charge is 0.251 e. The van der Waals surface area contributed by atoms with E-state index in [2.05, 4.69) is 48.6 Å². The second-order valence-electron chi connectivity index (χ2n) is 3.85. The highest BCUT2D eigenvalue weighted by atomic mass is 79.9. The molecule has 19 heavy (non-hydrogen) atoms. The lowest BCUT2D eigenvalue weighted by atomic mass is 10.2. The summed E-state index contributed by atoms with van der Waals surface area (Å²) < 4.78 is 2.15. The molecule has 0 unspecified atom stereocenters. The van der Waals surface area contributed by atoms with Gasteiger partial charge in [0.2, 0.25) is 0 Å². The first-order chi connectivity index (χ1) is 9.10. The van der Waals surface area contributed by atoms with Crippen LogP contribution >= 0.6 is 43.2 Å². The fraction of sp³-hybridized carbons (Fsp3) is 0.154. The average molecular weight is 404 g/mol. The zero-order valence-corrected chi connectivity index (χ0v) is 14.2. The fourth-order valence-electron chi connectivity index (χ4n) is 1.58. The normalized spacial score (nSPS) is 10.3. The summed E-state index contributed by atoms with van der Waals surface area (Å²) in [6.45, 7) is 0.728. The summed E-state index contributed by atoms with van der Waals surface area (Å²) >= 11 is 8.62. The van der Waals surface area contributed by atoms with E-state index in [-0.39, 0.29) is 5.91 Å². The first kappa shape index (κ1) is 14.6. The Bertz CT molecular complexity index is 579. The molecule has 0 radical (unpaired) electrons. The highest BCUT2D eigenvalue weighted by Gasteiger charge is 2.06. The zero-order valence-electron chi connectivity index (χ0n) is 10.2. The Kier molecular flexibility index (Phi) is 5.01. The van der Waals surface area contributed by atoms with Crippen LogP contribution < -0.4 is 10.6 Å². The molecule has 0 aliphatic rings. The number of rotatable bonds is 4. The Morgan fingerprint density at radius 2 is 2.11 bits per heavy atom. The minimum absolute atomic E-state index is 0.0785. The van der Waals surface area contributed by atoms with Crippen LogP contribution in [0.1, 0.15) is 15.2 Å². The van der Waals surface area contributed by atoms with Gasteiger partial charge in [-0.05, 0) is 56.1 Å². The number of nitrogens with one attached hydrogen (secondary N) is 2. The van der Waals surface area contributed by atoms with Crippen LogP contribution in [0.3, 0.4) is 0 Å². The van der Waals surface area contributed by atoms with Gasteiger partial charge < -0.3 is 10.6 Å². The predicted octanol–water partition coefficient (Wildman–Crippen LogP) is 4.24. The van der Waals surface area contributed by atoms with Crippen molar-refractivity contribution in [3.63, 3.8) is 0 Å². The maximum absolute atomic E-state index is 11.5. The monoisotopic (exact) mass is 402 g/mol. The Morgan fingerprint density at radius 3 is 2.74 bits per heavy atom.